The van der Waals surface area contributed by atoms with Gasteiger partial charge in [-0.1, -0.05) is 0 Å². The fourth-order valence-electron chi connectivity index (χ4n) is 1.13. The van der Waals surface area contributed by atoms with E-state index in [9.17, 15) is 7.67 Å². The molecule has 0 unspecified atom stereocenters. The molecular formula is C10H14O2Se. The normalized spacial score (nSPS) is 11.5. The first-order valence-electron chi connectivity index (χ1n) is 4.35. The van der Waals surface area contributed by atoms with Gasteiger partial charge in [0, 0.05) is 0 Å². The molecule has 72 valence electrons. The molecule has 0 bridgehead atoms. The summed E-state index contributed by atoms with van der Waals surface area (Å²) in [6, 6.07) is 7.08. The zero-order chi connectivity index (χ0) is 9.90. The molecule has 1 rings (SSSR count). The van der Waals surface area contributed by atoms with Crippen LogP contribution in [0.15, 0.2) is 24.3 Å². The van der Waals surface area contributed by atoms with Gasteiger partial charge in [-0.2, -0.15) is 0 Å². The van der Waals surface area contributed by atoms with Crippen molar-refractivity contribution in [1.29, 1.82) is 0 Å². The van der Waals surface area contributed by atoms with Crippen LogP contribution in [-0.4, -0.2) is 12.7 Å². The third-order valence-electron chi connectivity index (χ3n) is 1.85. The Morgan fingerprint density at radius 2 is 1.69 bits per heavy atom. The maximum absolute atomic E-state index is 11.6. The van der Waals surface area contributed by atoms with Gasteiger partial charge in [-0.25, -0.2) is 0 Å². The van der Waals surface area contributed by atoms with Gasteiger partial charge in [-0.3, -0.25) is 0 Å². The maximum atomic E-state index is 11.6. The van der Waals surface area contributed by atoms with E-state index >= 15 is 0 Å². The Morgan fingerprint density at radius 3 is 2.15 bits per heavy atom. The van der Waals surface area contributed by atoms with Crippen molar-refractivity contribution in [2.75, 3.05) is 0 Å². The van der Waals surface area contributed by atoms with Crippen LogP contribution in [0.25, 0.3) is 0 Å². The van der Waals surface area contributed by atoms with Crippen LogP contribution in [-0.2, 0) is 7.67 Å². The molecule has 0 saturated carbocycles. The second kappa shape index (κ2) is 4.03. The summed E-state index contributed by atoms with van der Waals surface area (Å²) in [6.07, 6.45) is 0.695. The molecule has 1 aromatic rings. The molecule has 1 aromatic carbocycles. The third-order valence-corrected chi connectivity index (χ3v) is 5.92. The summed E-state index contributed by atoms with van der Waals surface area (Å²) in [4.78, 5) is 0. The minimum absolute atomic E-state index is 0.305. The van der Waals surface area contributed by atoms with Gasteiger partial charge in [0.15, 0.2) is 0 Å². The van der Waals surface area contributed by atoms with Crippen LogP contribution < -0.4 is 4.46 Å². The molecule has 0 radical (unpaired) electrons. The van der Waals surface area contributed by atoms with E-state index in [1.54, 1.807) is 12.1 Å². The van der Waals surface area contributed by atoms with Gasteiger partial charge in [0.25, 0.3) is 0 Å². The Bertz CT molecular complexity index is 362. The van der Waals surface area contributed by atoms with Gasteiger partial charge in [0.1, 0.15) is 0 Å². The van der Waals surface area contributed by atoms with Crippen LogP contribution in [0.4, 0.5) is 0 Å². The molecule has 0 aromatic heterocycles. The Hall–Kier alpha value is -0.661. The van der Waals surface area contributed by atoms with Crippen molar-refractivity contribution in [3.05, 3.63) is 29.8 Å². The van der Waals surface area contributed by atoms with Crippen molar-refractivity contribution >= 4 is 17.2 Å². The van der Waals surface area contributed by atoms with E-state index in [2.05, 4.69) is 0 Å². The molecule has 13 heavy (non-hydrogen) atoms. The first-order chi connectivity index (χ1) is 6.06. The number of hydrogen-bond acceptors (Lipinski definition) is 2. The quantitative estimate of drug-likeness (QED) is 0.762. The second-order valence-electron chi connectivity index (χ2n) is 3.13. The van der Waals surface area contributed by atoms with Crippen molar-refractivity contribution in [3.8, 4) is 0 Å². The standard InChI is InChI=1S/C10H14O2Se/c1-3-8-13(11,12)10-6-4-9(2)5-7-10/h4-7H,3,8H2,1-2H3. The summed E-state index contributed by atoms with van der Waals surface area (Å²) in [5.41, 5.74) is 1.09. The van der Waals surface area contributed by atoms with Crippen molar-refractivity contribution in [3.63, 3.8) is 0 Å². The van der Waals surface area contributed by atoms with Gasteiger partial charge in [0.05, 0.1) is 0 Å². The Kier molecular flexibility index (Phi) is 3.23. The number of benzene rings is 1. The van der Waals surface area contributed by atoms with Crippen LogP contribution in [0.5, 0.6) is 0 Å². The summed E-state index contributed by atoms with van der Waals surface area (Å²) in [6.45, 7) is 3.83. The molecule has 2 nitrogen and oxygen atoms in total. The molecule has 0 N–H and O–H groups in total. The second-order valence-corrected chi connectivity index (χ2v) is 7.56. The molecule has 0 heterocycles. The summed E-state index contributed by atoms with van der Waals surface area (Å²) in [5.74, 6) is 0. The zero-order valence-corrected chi connectivity index (χ0v) is 9.66. The molecule has 0 atom stereocenters. The van der Waals surface area contributed by atoms with Gasteiger partial charge < -0.3 is 0 Å². The van der Waals surface area contributed by atoms with Crippen molar-refractivity contribution in [2.45, 2.75) is 25.6 Å². The number of aryl methyl sites for hydroxylation is 1. The van der Waals surface area contributed by atoms with Crippen LogP contribution in [0.2, 0.25) is 5.32 Å². The van der Waals surface area contributed by atoms with E-state index in [1.165, 1.54) is 0 Å². The van der Waals surface area contributed by atoms with Crippen molar-refractivity contribution in [2.24, 2.45) is 0 Å². The van der Waals surface area contributed by atoms with Crippen LogP contribution in [0.1, 0.15) is 18.9 Å². The summed E-state index contributed by atoms with van der Waals surface area (Å²) < 4.78 is 23.7. The molecule has 0 aliphatic carbocycles. The fourth-order valence-corrected chi connectivity index (χ4v) is 3.91. The van der Waals surface area contributed by atoms with Gasteiger partial charge in [-0.05, 0) is 0 Å². The first kappa shape index (κ1) is 10.4. The molecule has 0 aliphatic heterocycles. The SMILES string of the molecule is CCC[Se](=O)(=O)c1ccc(C)cc1. The van der Waals surface area contributed by atoms with Gasteiger partial charge in [-0.15, -0.1) is 0 Å². The van der Waals surface area contributed by atoms with Crippen LogP contribution in [0.3, 0.4) is 0 Å². The molecule has 0 saturated heterocycles. The summed E-state index contributed by atoms with van der Waals surface area (Å²) in [5, 5.41) is 0.305. The van der Waals surface area contributed by atoms with Crippen LogP contribution in [0, 0.1) is 6.92 Å². The molecule has 0 aliphatic rings. The fraction of sp³-hybridized carbons (Fsp3) is 0.400. The van der Waals surface area contributed by atoms with E-state index in [4.69, 9.17) is 0 Å². The molecular weight excluding hydrogens is 231 g/mol. The van der Waals surface area contributed by atoms with E-state index in [0.29, 0.717) is 16.2 Å². The summed E-state index contributed by atoms with van der Waals surface area (Å²) >= 11 is -3.78. The first-order valence-corrected chi connectivity index (χ1v) is 7.82. The van der Waals surface area contributed by atoms with E-state index < -0.39 is 12.7 Å². The third kappa shape index (κ3) is 2.64. The van der Waals surface area contributed by atoms with Crippen molar-refractivity contribution < 1.29 is 7.67 Å². The van der Waals surface area contributed by atoms with Gasteiger partial charge in [0.2, 0.25) is 0 Å². The Balaban J connectivity index is 3.02. The number of rotatable bonds is 3. The average Bonchev–Trinajstić information content (AvgIpc) is 2.05. The average molecular weight is 245 g/mol. The van der Waals surface area contributed by atoms with E-state index in [1.807, 2.05) is 26.0 Å². The predicted molar refractivity (Wildman–Crippen MR) is 53.0 cm³/mol. The Morgan fingerprint density at radius 1 is 1.15 bits per heavy atom. The molecule has 3 heteroatoms. The van der Waals surface area contributed by atoms with E-state index in [-0.39, 0.29) is 0 Å². The van der Waals surface area contributed by atoms with E-state index in [0.717, 1.165) is 5.56 Å². The zero-order valence-electron chi connectivity index (χ0n) is 7.95. The Labute approximate surface area is 80.6 Å². The summed E-state index contributed by atoms with van der Waals surface area (Å²) in [7, 11) is 0. The van der Waals surface area contributed by atoms with Gasteiger partial charge >= 0.3 is 80.3 Å². The number of hydrogen-bond donors (Lipinski definition) is 0. The predicted octanol–water partition coefficient (Wildman–Crippen LogP) is 1.92. The topological polar surface area (TPSA) is 34.1 Å². The van der Waals surface area contributed by atoms with Crippen molar-refractivity contribution in [1.82, 2.24) is 0 Å². The molecule has 0 amide bonds. The monoisotopic (exact) mass is 246 g/mol. The minimum atomic E-state index is -3.78. The van der Waals surface area contributed by atoms with Crippen LogP contribution >= 0.6 is 0 Å². The molecule has 0 fully saturated rings. The molecule has 0 spiro atoms.